The van der Waals surface area contributed by atoms with E-state index in [1.807, 2.05) is 18.2 Å². The summed E-state index contributed by atoms with van der Waals surface area (Å²) in [6, 6.07) is 10.1. The van der Waals surface area contributed by atoms with Crippen LogP contribution in [-0.4, -0.2) is 12.5 Å². The molecule has 0 saturated heterocycles. The van der Waals surface area contributed by atoms with Gasteiger partial charge in [-0.3, -0.25) is 4.79 Å². The predicted molar refractivity (Wildman–Crippen MR) is 94.7 cm³/mol. The zero-order valence-corrected chi connectivity index (χ0v) is 15.2. The van der Waals surface area contributed by atoms with Gasteiger partial charge < -0.3 is 4.90 Å². The minimum Gasteiger partial charge on any atom is -0.307 e. The smallest absolute Gasteiger partial charge is 0.262 e. The Morgan fingerprint density at radius 2 is 2.04 bits per heavy atom. The number of amides is 1. The summed E-state index contributed by atoms with van der Waals surface area (Å²) in [5.41, 5.74) is 1.72. The van der Waals surface area contributed by atoms with Crippen molar-refractivity contribution in [3.63, 3.8) is 0 Å². The van der Waals surface area contributed by atoms with E-state index in [2.05, 4.69) is 29.8 Å². The molecule has 0 unspecified atom stereocenters. The lowest BCUT2D eigenvalue weighted by atomic mass is 9.81. The van der Waals surface area contributed by atoms with E-state index in [4.69, 9.17) is 11.6 Å². The van der Waals surface area contributed by atoms with Crippen LogP contribution in [-0.2, 0) is 6.42 Å². The van der Waals surface area contributed by atoms with Gasteiger partial charge in [0.05, 0.1) is 10.6 Å². The minimum absolute atomic E-state index is 0.0688. The third kappa shape index (κ3) is 3.15. The van der Waals surface area contributed by atoms with E-state index in [9.17, 15) is 9.18 Å². The first kappa shape index (κ1) is 16.5. The highest BCUT2D eigenvalue weighted by molar-refractivity contribution is 9.10. The van der Waals surface area contributed by atoms with Crippen LogP contribution in [0.15, 0.2) is 40.9 Å². The maximum Gasteiger partial charge on any atom is 0.262 e. The second kappa shape index (κ2) is 5.91. The molecule has 0 saturated carbocycles. The highest BCUT2D eigenvalue weighted by atomic mass is 79.9. The van der Waals surface area contributed by atoms with E-state index in [-0.39, 0.29) is 16.0 Å². The van der Waals surface area contributed by atoms with Gasteiger partial charge in [0.15, 0.2) is 0 Å². The number of benzene rings is 2. The normalized spacial score (nSPS) is 16.1. The molecule has 0 bridgehead atoms. The van der Waals surface area contributed by atoms with Crippen molar-refractivity contribution in [3.8, 4) is 0 Å². The summed E-state index contributed by atoms with van der Waals surface area (Å²) in [5.74, 6) is -0.992. The number of hydrogen-bond acceptors (Lipinski definition) is 1. The van der Waals surface area contributed by atoms with Crippen LogP contribution in [0.4, 0.5) is 10.1 Å². The average molecular weight is 397 g/mol. The molecule has 2 aromatic rings. The van der Waals surface area contributed by atoms with Crippen LogP contribution in [0.3, 0.4) is 0 Å². The Morgan fingerprint density at radius 1 is 1.30 bits per heavy atom. The number of carbonyl (C=O) groups is 1. The molecule has 5 heteroatoms. The van der Waals surface area contributed by atoms with Gasteiger partial charge in [0.25, 0.3) is 5.91 Å². The van der Waals surface area contributed by atoms with Gasteiger partial charge in [0.2, 0.25) is 0 Å². The summed E-state index contributed by atoms with van der Waals surface area (Å²) in [6.07, 6.45) is 0.858. The molecule has 0 aromatic heterocycles. The summed E-state index contributed by atoms with van der Waals surface area (Å²) in [7, 11) is 0. The maximum atomic E-state index is 14.1. The van der Waals surface area contributed by atoms with Crippen molar-refractivity contribution in [1.29, 1.82) is 0 Å². The molecule has 2 aromatic carbocycles. The highest BCUT2D eigenvalue weighted by Gasteiger charge is 2.35. The van der Waals surface area contributed by atoms with Crippen LogP contribution >= 0.6 is 27.5 Å². The second-order valence-corrected chi connectivity index (χ2v) is 7.92. The van der Waals surface area contributed by atoms with Gasteiger partial charge in [-0.2, -0.15) is 0 Å². The SMILES string of the molecule is CC1(C)Cc2cc(Br)ccc2N(C(=O)c2c(F)cccc2Cl)C1. The molecule has 0 spiro atoms. The van der Waals surface area contributed by atoms with Crippen LogP contribution in [0.25, 0.3) is 0 Å². The fourth-order valence-corrected chi connectivity index (χ4v) is 3.71. The largest absolute Gasteiger partial charge is 0.307 e. The molecule has 23 heavy (non-hydrogen) atoms. The number of carbonyl (C=O) groups excluding carboxylic acids is 1. The van der Waals surface area contributed by atoms with E-state index < -0.39 is 11.7 Å². The van der Waals surface area contributed by atoms with Crippen LogP contribution in [0, 0.1) is 11.2 Å². The molecule has 3 rings (SSSR count). The van der Waals surface area contributed by atoms with Gasteiger partial charge in [0.1, 0.15) is 5.82 Å². The van der Waals surface area contributed by atoms with Crippen molar-refractivity contribution in [2.75, 3.05) is 11.4 Å². The van der Waals surface area contributed by atoms with Gasteiger partial charge >= 0.3 is 0 Å². The maximum absolute atomic E-state index is 14.1. The van der Waals surface area contributed by atoms with Gasteiger partial charge in [-0.05, 0) is 47.7 Å². The number of fused-ring (bicyclic) bond motifs is 1. The molecule has 1 aliphatic heterocycles. The lowest BCUT2D eigenvalue weighted by Crippen LogP contribution is -2.44. The van der Waals surface area contributed by atoms with Crippen LogP contribution < -0.4 is 4.90 Å². The summed E-state index contributed by atoms with van der Waals surface area (Å²) in [5, 5.41) is 0.136. The molecule has 1 amide bonds. The van der Waals surface area contributed by atoms with Crippen LogP contribution in [0.5, 0.6) is 0 Å². The van der Waals surface area contributed by atoms with Crippen LogP contribution in [0.2, 0.25) is 5.02 Å². The lowest BCUT2D eigenvalue weighted by molar-refractivity contribution is 0.0968. The number of hydrogen-bond donors (Lipinski definition) is 0. The molecule has 0 aliphatic carbocycles. The number of anilines is 1. The fraction of sp³-hybridized carbons (Fsp3) is 0.278. The van der Waals surface area contributed by atoms with Crippen molar-refractivity contribution < 1.29 is 9.18 Å². The summed E-state index contributed by atoms with van der Waals surface area (Å²) < 4.78 is 15.1. The topological polar surface area (TPSA) is 20.3 Å². The highest BCUT2D eigenvalue weighted by Crippen LogP contribution is 2.39. The molecule has 0 fully saturated rings. The Hall–Kier alpha value is -1.39. The predicted octanol–water partition coefficient (Wildman–Crippen LogP) is 5.47. The zero-order chi connectivity index (χ0) is 16.8. The lowest BCUT2D eigenvalue weighted by Gasteiger charge is -2.39. The van der Waals surface area contributed by atoms with Gasteiger partial charge in [-0.15, -0.1) is 0 Å². The molecule has 0 radical (unpaired) electrons. The molecular formula is C18H16BrClFNO. The molecule has 120 valence electrons. The second-order valence-electron chi connectivity index (χ2n) is 6.60. The summed E-state index contributed by atoms with van der Waals surface area (Å²) >= 11 is 9.54. The summed E-state index contributed by atoms with van der Waals surface area (Å²) in [6.45, 7) is 4.71. The standard InChI is InChI=1S/C18H16BrClFNO/c1-18(2)9-11-8-12(19)6-7-15(11)22(10-18)17(23)16-13(20)4-3-5-14(16)21/h3-8H,9-10H2,1-2H3. The number of halogens is 3. The minimum atomic E-state index is -0.593. The molecule has 1 aliphatic rings. The first-order chi connectivity index (χ1) is 10.8. The fourth-order valence-electron chi connectivity index (χ4n) is 3.06. The van der Waals surface area contributed by atoms with Crippen molar-refractivity contribution in [2.45, 2.75) is 20.3 Å². The Kier molecular flexibility index (Phi) is 4.23. The molecule has 1 heterocycles. The quantitative estimate of drug-likeness (QED) is 0.626. The monoisotopic (exact) mass is 395 g/mol. The van der Waals surface area contributed by atoms with Crippen molar-refractivity contribution in [1.82, 2.24) is 0 Å². The summed E-state index contributed by atoms with van der Waals surface area (Å²) in [4.78, 5) is 14.6. The Labute approximate surface area is 148 Å². The van der Waals surface area contributed by atoms with Gasteiger partial charge in [-0.25, -0.2) is 4.39 Å². The molecule has 0 N–H and O–H groups in total. The van der Waals surface area contributed by atoms with Gasteiger partial charge in [0, 0.05) is 16.7 Å². The zero-order valence-electron chi connectivity index (χ0n) is 12.9. The van der Waals surface area contributed by atoms with Crippen molar-refractivity contribution >= 4 is 39.1 Å². The molecular weight excluding hydrogens is 381 g/mol. The Balaban J connectivity index is 2.11. The van der Waals surface area contributed by atoms with Crippen molar-refractivity contribution in [3.05, 3.63) is 62.8 Å². The van der Waals surface area contributed by atoms with Crippen LogP contribution in [0.1, 0.15) is 29.8 Å². The first-order valence-electron chi connectivity index (χ1n) is 7.33. The Bertz CT molecular complexity index is 770. The Morgan fingerprint density at radius 3 is 2.74 bits per heavy atom. The van der Waals surface area contributed by atoms with Crippen molar-refractivity contribution in [2.24, 2.45) is 5.41 Å². The van der Waals surface area contributed by atoms with E-state index in [0.29, 0.717) is 6.54 Å². The first-order valence-corrected chi connectivity index (χ1v) is 8.50. The van der Waals surface area contributed by atoms with E-state index in [1.54, 1.807) is 4.90 Å². The van der Waals surface area contributed by atoms with E-state index >= 15 is 0 Å². The molecule has 2 nitrogen and oxygen atoms in total. The third-order valence-electron chi connectivity index (χ3n) is 4.01. The molecule has 0 atom stereocenters. The van der Waals surface area contributed by atoms with Gasteiger partial charge in [-0.1, -0.05) is 47.4 Å². The van der Waals surface area contributed by atoms with E-state index in [1.165, 1.54) is 18.2 Å². The average Bonchev–Trinajstić information content (AvgIpc) is 2.44. The third-order valence-corrected chi connectivity index (χ3v) is 4.82. The van der Waals surface area contributed by atoms with E-state index in [0.717, 1.165) is 22.1 Å². The number of nitrogens with zero attached hydrogens (tertiary/aromatic N) is 1. The number of rotatable bonds is 1.